The van der Waals surface area contributed by atoms with Crippen LogP contribution in [0.25, 0.3) is 0 Å². The van der Waals surface area contributed by atoms with Gasteiger partial charge in [-0.05, 0) is 48.6 Å². The third kappa shape index (κ3) is 7.22. The molecule has 0 saturated heterocycles. The monoisotopic (exact) mass is 535 g/mol. The molecule has 3 rings (SSSR count). The molecule has 0 aliphatic carbocycles. The second-order valence-electron chi connectivity index (χ2n) is 9.68. The third-order valence-electron chi connectivity index (χ3n) is 6.26. The number of hydrogen-bond donors (Lipinski definition) is 1. The van der Waals surface area contributed by atoms with E-state index in [0.717, 1.165) is 15.4 Å². The fraction of sp³-hybridized carbons (Fsp3) is 0.333. The van der Waals surface area contributed by atoms with E-state index in [-0.39, 0.29) is 23.3 Å². The van der Waals surface area contributed by atoms with Crippen LogP contribution in [0.3, 0.4) is 0 Å². The largest absolute Gasteiger partial charge is 0.354 e. The number of nitrogens with zero attached hydrogens (tertiary/aromatic N) is 2. The highest BCUT2D eigenvalue weighted by Gasteiger charge is 2.34. The highest BCUT2D eigenvalue weighted by molar-refractivity contribution is 7.92. The van der Waals surface area contributed by atoms with Crippen molar-refractivity contribution >= 4 is 27.5 Å². The molecule has 3 aromatic carbocycles. The number of aryl methyl sites for hydroxylation is 1. The normalized spacial score (nSPS) is 12.1. The van der Waals surface area contributed by atoms with Gasteiger partial charge in [-0.15, -0.1) is 0 Å². The van der Waals surface area contributed by atoms with Crippen molar-refractivity contribution in [2.75, 3.05) is 17.4 Å². The van der Waals surface area contributed by atoms with Gasteiger partial charge >= 0.3 is 0 Å². The number of nitrogens with one attached hydrogen (secondary N) is 1. The minimum atomic E-state index is -4.07. The molecule has 38 heavy (non-hydrogen) atoms. The van der Waals surface area contributed by atoms with Crippen LogP contribution in [-0.4, -0.2) is 44.3 Å². The number of rotatable bonds is 12. The van der Waals surface area contributed by atoms with Gasteiger partial charge in [-0.3, -0.25) is 13.9 Å². The first-order valence-electron chi connectivity index (χ1n) is 12.9. The smallest absolute Gasteiger partial charge is 0.264 e. The molecule has 1 atom stereocenters. The van der Waals surface area contributed by atoms with Crippen LogP contribution >= 0.6 is 0 Å². The molecule has 7 nitrogen and oxygen atoms in total. The summed E-state index contributed by atoms with van der Waals surface area (Å²) in [7, 11) is -4.07. The zero-order chi connectivity index (χ0) is 27.7. The van der Waals surface area contributed by atoms with E-state index >= 15 is 0 Å². The van der Waals surface area contributed by atoms with Crippen molar-refractivity contribution in [3.05, 3.63) is 96.1 Å². The maximum atomic E-state index is 14.0. The van der Waals surface area contributed by atoms with Crippen molar-refractivity contribution in [1.82, 2.24) is 10.2 Å². The van der Waals surface area contributed by atoms with Crippen LogP contribution in [0.4, 0.5) is 5.69 Å². The molecule has 0 radical (unpaired) electrons. The van der Waals surface area contributed by atoms with Gasteiger partial charge in [-0.1, -0.05) is 87.5 Å². The summed E-state index contributed by atoms with van der Waals surface area (Å²) in [5.41, 5.74) is 1.99. The second kappa shape index (κ2) is 13.2. The summed E-state index contributed by atoms with van der Waals surface area (Å²) in [6.45, 7) is 7.89. The van der Waals surface area contributed by atoms with Crippen LogP contribution in [0.1, 0.15) is 38.3 Å². The lowest BCUT2D eigenvalue weighted by Crippen LogP contribution is -2.52. The molecule has 0 aliphatic heterocycles. The summed E-state index contributed by atoms with van der Waals surface area (Å²) in [6, 6.07) is 23.8. The zero-order valence-electron chi connectivity index (χ0n) is 22.5. The summed E-state index contributed by atoms with van der Waals surface area (Å²) in [6.07, 6.45) is 0.387. The highest BCUT2D eigenvalue weighted by Crippen LogP contribution is 2.27. The van der Waals surface area contributed by atoms with Crippen molar-refractivity contribution in [3.63, 3.8) is 0 Å². The molecule has 202 valence electrons. The Labute approximate surface area is 226 Å². The average Bonchev–Trinajstić information content (AvgIpc) is 2.91. The Morgan fingerprint density at radius 1 is 0.868 bits per heavy atom. The Kier molecular flexibility index (Phi) is 10.1. The van der Waals surface area contributed by atoms with Crippen LogP contribution in [-0.2, 0) is 26.2 Å². The second-order valence-corrected chi connectivity index (χ2v) is 11.5. The number of benzene rings is 3. The predicted octanol–water partition coefficient (Wildman–Crippen LogP) is 4.77. The molecule has 0 saturated carbocycles. The quantitative estimate of drug-likeness (QED) is 0.362. The zero-order valence-corrected chi connectivity index (χ0v) is 23.3. The fourth-order valence-corrected chi connectivity index (χ4v) is 5.70. The van der Waals surface area contributed by atoms with Gasteiger partial charge in [0, 0.05) is 13.1 Å². The van der Waals surface area contributed by atoms with Gasteiger partial charge in [0.25, 0.3) is 10.0 Å². The van der Waals surface area contributed by atoms with E-state index in [2.05, 4.69) is 5.32 Å². The van der Waals surface area contributed by atoms with Crippen LogP contribution in [0.2, 0.25) is 0 Å². The topological polar surface area (TPSA) is 86.8 Å². The minimum absolute atomic E-state index is 0.0902. The van der Waals surface area contributed by atoms with E-state index in [1.54, 1.807) is 30.3 Å². The molecule has 0 spiro atoms. The lowest BCUT2D eigenvalue weighted by atomic mass is 10.1. The van der Waals surface area contributed by atoms with E-state index in [9.17, 15) is 18.0 Å². The van der Waals surface area contributed by atoms with Gasteiger partial charge < -0.3 is 10.2 Å². The molecule has 0 unspecified atom stereocenters. The number of carbonyl (C=O) groups is 2. The SMILES string of the molecule is CC[C@H](C(=O)NCC(C)C)N(Cc1ccccc1)C(=O)CN(c1ccccc1C)S(=O)(=O)c1ccccc1. The summed E-state index contributed by atoms with van der Waals surface area (Å²) in [5.74, 6) is -0.454. The van der Waals surface area contributed by atoms with Gasteiger partial charge in [0.2, 0.25) is 11.8 Å². The molecule has 3 aromatic rings. The highest BCUT2D eigenvalue weighted by atomic mass is 32.2. The predicted molar refractivity (Wildman–Crippen MR) is 151 cm³/mol. The lowest BCUT2D eigenvalue weighted by molar-refractivity contribution is -0.140. The maximum Gasteiger partial charge on any atom is 0.264 e. The number of hydrogen-bond acceptors (Lipinski definition) is 4. The van der Waals surface area contributed by atoms with Crippen molar-refractivity contribution in [2.45, 2.75) is 51.6 Å². The molecule has 0 aliphatic rings. The first-order chi connectivity index (χ1) is 18.1. The Morgan fingerprint density at radius 2 is 1.45 bits per heavy atom. The van der Waals surface area contributed by atoms with Gasteiger partial charge in [0.1, 0.15) is 12.6 Å². The number of sulfonamides is 1. The first kappa shape index (κ1) is 28.9. The molecule has 0 aromatic heterocycles. The molecular formula is C30H37N3O4S. The molecule has 0 fully saturated rings. The number of anilines is 1. The molecule has 2 amide bonds. The summed E-state index contributed by atoms with van der Waals surface area (Å²) in [5, 5.41) is 2.94. The van der Waals surface area contributed by atoms with Crippen LogP contribution in [0, 0.1) is 12.8 Å². The van der Waals surface area contributed by atoms with E-state index in [1.165, 1.54) is 17.0 Å². The van der Waals surface area contributed by atoms with Gasteiger partial charge in [-0.2, -0.15) is 0 Å². The summed E-state index contributed by atoms with van der Waals surface area (Å²) in [4.78, 5) is 28.8. The maximum absolute atomic E-state index is 14.0. The fourth-order valence-electron chi connectivity index (χ4n) is 4.20. The Bertz CT molecular complexity index is 1310. The first-order valence-corrected chi connectivity index (χ1v) is 14.3. The van der Waals surface area contributed by atoms with Gasteiger partial charge in [-0.25, -0.2) is 8.42 Å². The van der Waals surface area contributed by atoms with Crippen molar-refractivity contribution < 1.29 is 18.0 Å². The van der Waals surface area contributed by atoms with Crippen molar-refractivity contribution in [1.29, 1.82) is 0 Å². The van der Waals surface area contributed by atoms with E-state index in [1.807, 2.05) is 70.2 Å². The van der Waals surface area contributed by atoms with E-state index < -0.39 is 28.5 Å². The minimum Gasteiger partial charge on any atom is -0.354 e. The Morgan fingerprint density at radius 3 is 2.03 bits per heavy atom. The lowest BCUT2D eigenvalue weighted by Gasteiger charge is -2.33. The third-order valence-corrected chi connectivity index (χ3v) is 8.03. The number of para-hydroxylation sites is 1. The average molecular weight is 536 g/mol. The van der Waals surface area contributed by atoms with E-state index in [4.69, 9.17) is 0 Å². The van der Waals surface area contributed by atoms with Gasteiger partial charge in [0.15, 0.2) is 0 Å². The molecule has 0 heterocycles. The van der Waals surface area contributed by atoms with Gasteiger partial charge in [0.05, 0.1) is 10.6 Å². The Balaban J connectivity index is 2.03. The van der Waals surface area contributed by atoms with Crippen LogP contribution in [0.15, 0.2) is 89.8 Å². The standard InChI is InChI=1S/C30H37N3O4S/c1-5-27(30(35)31-20-23(2)3)32(21-25-15-8-6-9-16-25)29(34)22-33(28-19-13-12-14-24(28)4)38(36,37)26-17-10-7-11-18-26/h6-19,23,27H,5,20-22H2,1-4H3,(H,31,35)/t27-/m1/s1. The molecule has 0 bridgehead atoms. The molecular weight excluding hydrogens is 498 g/mol. The number of amides is 2. The van der Waals surface area contributed by atoms with Crippen LogP contribution in [0.5, 0.6) is 0 Å². The summed E-state index contributed by atoms with van der Waals surface area (Å²) < 4.78 is 28.8. The van der Waals surface area contributed by atoms with Crippen molar-refractivity contribution in [3.8, 4) is 0 Å². The molecule has 8 heteroatoms. The van der Waals surface area contributed by atoms with Crippen molar-refractivity contribution in [2.24, 2.45) is 5.92 Å². The van der Waals surface area contributed by atoms with E-state index in [0.29, 0.717) is 18.7 Å². The molecule has 1 N–H and O–H groups in total. The number of carbonyl (C=O) groups excluding carboxylic acids is 2. The van der Waals surface area contributed by atoms with Crippen LogP contribution < -0.4 is 9.62 Å². The summed E-state index contributed by atoms with van der Waals surface area (Å²) >= 11 is 0. The Hall–Kier alpha value is -3.65.